The summed E-state index contributed by atoms with van der Waals surface area (Å²) in [7, 11) is 1.63. The molecule has 2 rings (SSSR count). The fourth-order valence-corrected chi connectivity index (χ4v) is 1.84. The third kappa shape index (κ3) is 4.88. The number of rotatable bonds is 7. The molecular formula is C15H17ClN2O3. The maximum atomic E-state index is 5.95. The molecule has 0 fully saturated rings. The molecule has 0 saturated heterocycles. The molecule has 0 aliphatic rings. The number of hydrogen-bond acceptors (Lipinski definition) is 5. The molecule has 0 amide bonds. The highest BCUT2D eigenvalue weighted by molar-refractivity contribution is 6.29. The van der Waals surface area contributed by atoms with Gasteiger partial charge in [-0.3, -0.25) is 0 Å². The second kappa shape index (κ2) is 7.81. The summed E-state index contributed by atoms with van der Waals surface area (Å²) in [6.45, 7) is 3.21. The van der Waals surface area contributed by atoms with Crippen LogP contribution in [0.4, 0.5) is 0 Å². The normalized spacial score (nSPS) is 10.4. The van der Waals surface area contributed by atoms with Crippen LogP contribution < -0.4 is 9.47 Å². The highest BCUT2D eigenvalue weighted by Gasteiger charge is 2.05. The zero-order chi connectivity index (χ0) is 15.1. The molecule has 0 bridgehead atoms. The molecule has 0 saturated carbocycles. The summed E-state index contributed by atoms with van der Waals surface area (Å²) in [4.78, 5) is 8.33. The lowest BCUT2D eigenvalue weighted by atomic mass is 10.2. The van der Waals surface area contributed by atoms with Crippen molar-refractivity contribution in [2.24, 2.45) is 0 Å². The molecule has 5 nitrogen and oxygen atoms in total. The van der Waals surface area contributed by atoms with Crippen molar-refractivity contribution in [2.45, 2.75) is 20.1 Å². The fourth-order valence-electron chi connectivity index (χ4n) is 1.65. The number of hydrogen-bond donors (Lipinski definition) is 0. The number of methoxy groups -OCH3 is 1. The third-order valence-corrected chi connectivity index (χ3v) is 2.89. The van der Waals surface area contributed by atoms with Gasteiger partial charge in [-0.05, 0) is 24.6 Å². The number of halogens is 1. The second-order valence-electron chi connectivity index (χ2n) is 4.22. The van der Waals surface area contributed by atoms with E-state index in [2.05, 4.69) is 9.97 Å². The summed E-state index contributed by atoms with van der Waals surface area (Å²) in [6.07, 6.45) is 0. The van der Waals surface area contributed by atoms with Gasteiger partial charge in [-0.15, -0.1) is 0 Å². The average Bonchev–Trinajstić information content (AvgIpc) is 2.51. The minimum absolute atomic E-state index is 0.315. The number of benzene rings is 1. The largest absolute Gasteiger partial charge is 0.497 e. The molecule has 2 aromatic rings. The van der Waals surface area contributed by atoms with Crippen LogP contribution in [0, 0.1) is 0 Å². The molecule has 112 valence electrons. The van der Waals surface area contributed by atoms with Crippen LogP contribution in [0.3, 0.4) is 0 Å². The van der Waals surface area contributed by atoms with Crippen LogP contribution in [0.2, 0.25) is 5.15 Å². The van der Waals surface area contributed by atoms with Gasteiger partial charge in [-0.25, -0.2) is 4.98 Å². The fraction of sp³-hybridized carbons (Fsp3) is 0.333. The minimum atomic E-state index is 0.315. The van der Waals surface area contributed by atoms with E-state index in [1.54, 1.807) is 13.2 Å². The molecule has 0 atom stereocenters. The van der Waals surface area contributed by atoms with E-state index in [4.69, 9.17) is 25.8 Å². The Balaban J connectivity index is 1.99. The van der Waals surface area contributed by atoms with Gasteiger partial charge in [0, 0.05) is 12.7 Å². The Labute approximate surface area is 128 Å². The third-order valence-electron chi connectivity index (χ3n) is 2.70. The average molecular weight is 309 g/mol. The maximum absolute atomic E-state index is 5.95. The topological polar surface area (TPSA) is 53.5 Å². The molecule has 1 aromatic heterocycles. The highest BCUT2D eigenvalue weighted by Crippen LogP contribution is 2.17. The maximum Gasteiger partial charge on any atom is 0.218 e. The summed E-state index contributed by atoms with van der Waals surface area (Å²) in [5.74, 6) is 1.75. The number of aromatic nitrogens is 2. The lowest BCUT2D eigenvalue weighted by molar-refractivity contribution is 0.127. The van der Waals surface area contributed by atoms with Crippen molar-refractivity contribution < 1.29 is 14.2 Å². The van der Waals surface area contributed by atoms with Gasteiger partial charge in [0.25, 0.3) is 0 Å². The van der Waals surface area contributed by atoms with Gasteiger partial charge in [-0.2, -0.15) is 4.98 Å². The first-order chi connectivity index (χ1) is 10.2. The lowest BCUT2D eigenvalue weighted by Gasteiger charge is -2.08. The van der Waals surface area contributed by atoms with Gasteiger partial charge in [0.2, 0.25) is 5.88 Å². The van der Waals surface area contributed by atoms with Gasteiger partial charge in [0.15, 0.2) is 5.82 Å². The van der Waals surface area contributed by atoms with Crippen molar-refractivity contribution in [1.29, 1.82) is 0 Å². The van der Waals surface area contributed by atoms with E-state index in [0.717, 1.165) is 11.3 Å². The van der Waals surface area contributed by atoms with E-state index in [-0.39, 0.29) is 0 Å². The van der Waals surface area contributed by atoms with Crippen molar-refractivity contribution in [3.05, 3.63) is 46.9 Å². The molecular weight excluding hydrogens is 292 g/mol. The Kier molecular flexibility index (Phi) is 5.78. The predicted molar refractivity (Wildman–Crippen MR) is 79.7 cm³/mol. The van der Waals surface area contributed by atoms with E-state index in [1.165, 1.54) is 0 Å². The van der Waals surface area contributed by atoms with Gasteiger partial charge in [0.1, 0.15) is 24.1 Å². The van der Waals surface area contributed by atoms with Crippen molar-refractivity contribution in [3.8, 4) is 11.6 Å². The van der Waals surface area contributed by atoms with Crippen molar-refractivity contribution in [1.82, 2.24) is 9.97 Å². The van der Waals surface area contributed by atoms with Crippen molar-refractivity contribution >= 4 is 11.6 Å². The molecule has 0 spiro atoms. The molecule has 1 heterocycles. The van der Waals surface area contributed by atoms with E-state index in [0.29, 0.717) is 36.7 Å². The molecule has 0 N–H and O–H groups in total. The molecule has 0 aliphatic carbocycles. The Bertz CT molecular complexity index is 576. The number of nitrogens with zero attached hydrogens (tertiary/aromatic N) is 2. The summed E-state index contributed by atoms with van der Waals surface area (Å²) < 4.78 is 16.0. The summed E-state index contributed by atoms with van der Waals surface area (Å²) in [5.41, 5.74) is 1.01. The van der Waals surface area contributed by atoms with E-state index in [9.17, 15) is 0 Å². The van der Waals surface area contributed by atoms with Crippen LogP contribution in [-0.4, -0.2) is 23.7 Å². The SMILES string of the molecule is CCOCc1nc(Cl)cc(OCc2ccc(OC)cc2)n1. The van der Waals surface area contributed by atoms with Crippen molar-refractivity contribution in [2.75, 3.05) is 13.7 Å². The first-order valence-electron chi connectivity index (χ1n) is 6.58. The van der Waals surface area contributed by atoms with Crippen LogP contribution in [0.15, 0.2) is 30.3 Å². The molecule has 0 aliphatic heterocycles. The van der Waals surface area contributed by atoms with Crippen LogP contribution in [0.25, 0.3) is 0 Å². The second-order valence-corrected chi connectivity index (χ2v) is 4.61. The molecule has 6 heteroatoms. The van der Waals surface area contributed by atoms with E-state index < -0.39 is 0 Å². The Morgan fingerprint density at radius 2 is 1.86 bits per heavy atom. The Hall–Kier alpha value is -1.85. The molecule has 0 unspecified atom stereocenters. The Morgan fingerprint density at radius 3 is 2.52 bits per heavy atom. The van der Waals surface area contributed by atoms with Crippen LogP contribution in [0.1, 0.15) is 18.3 Å². The minimum Gasteiger partial charge on any atom is -0.497 e. The van der Waals surface area contributed by atoms with Gasteiger partial charge < -0.3 is 14.2 Å². The summed E-state index contributed by atoms with van der Waals surface area (Å²) >= 11 is 5.95. The summed E-state index contributed by atoms with van der Waals surface area (Å²) in [5, 5.41) is 0.337. The predicted octanol–water partition coefficient (Wildman–Crippen LogP) is 3.25. The van der Waals surface area contributed by atoms with Gasteiger partial charge in [0.05, 0.1) is 7.11 Å². The molecule has 21 heavy (non-hydrogen) atoms. The van der Waals surface area contributed by atoms with Crippen molar-refractivity contribution in [3.63, 3.8) is 0 Å². The Morgan fingerprint density at radius 1 is 1.10 bits per heavy atom. The molecule has 0 radical (unpaired) electrons. The van der Waals surface area contributed by atoms with Gasteiger partial charge in [-0.1, -0.05) is 23.7 Å². The summed E-state index contributed by atoms with van der Waals surface area (Å²) in [6, 6.07) is 9.21. The first-order valence-corrected chi connectivity index (χ1v) is 6.96. The molecule has 1 aromatic carbocycles. The van der Waals surface area contributed by atoms with Gasteiger partial charge >= 0.3 is 0 Å². The quantitative estimate of drug-likeness (QED) is 0.735. The lowest BCUT2D eigenvalue weighted by Crippen LogP contribution is -2.03. The van der Waals surface area contributed by atoms with E-state index >= 15 is 0 Å². The zero-order valence-electron chi connectivity index (χ0n) is 12.0. The van der Waals surface area contributed by atoms with E-state index in [1.807, 2.05) is 31.2 Å². The van der Waals surface area contributed by atoms with Crippen LogP contribution >= 0.6 is 11.6 Å². The highest BCUT2D eigenvalue weighted by atomic mass is 35.5. The monoisotopic (exact) mass is 308 g/mol. The number of ether oxygens (including phenoxy) is 3. The first kappa shape index (κ1) is 15.5. The van der Waals surface area contributed by atoms with Crippen LogP contribution in [0.5, 0.6) is 11.6 Å². The smallest absolute Gasteiger partial charge is 0.218 e. The standard InChI is InChI=1S/C15H17ClN2O3/c1-3-20-10-14-17-13(16)8-15(18-14)21-9-11-4-6-12(19-2)7-5-11/h4-8H,3,9-10H2,1-2H3. The van der Waals surface area contributed by atoms with Crippen LogP contribution in [-0.2, 0) is 18.0 Å². The zero-order valence-corrected chi connectivity index (χ0v) is 12.8.